The van der Waals surface area contributed by atoms with Gasteiger partial charge < -0.3 is 5.11 Å². The molecular weight excluding hydrogens is 176 g/mol. The fraction of sp³-hybridized carbons (Fsp3) is 0.818. The van der Waals surface area contributed by atoms with Gasteiger partial charge in [0.15, 0.2) is 0 Å². The van der Waals surface area contributed by atoms with Crippen LogP contribution in [0, 0.1) is 12.3 Å². The average Bonchev–Trinajstić information content (AvgIpc) is 1.98. The van der Waals surface area contributed by atoms with Crippen LogP contribution in [0.5, 0.6) is 0 Å². The van der Waals surface area contributed by atoms with Crippen LogP contribution in [0.25, 0.3) is 0 Å². The highest BCUT2D eigenvalue weighted by molar-refractivity contribution is 6.80. The van der Waals surface area contributed by atoms with E-state index in [0.717, 1.165) is 12.5 Å². The van der Waals surface area contributed by atoms with Gasteiger partial charge in [-0.2, -0.15) is 0 Å². The Morgan fingerprint density at radius 1 is 1.38 bits per heavy atom. The fourth-order valence-corrected chi connectivity index (χ4v) is 2.70. The predicted octanol–water partition coefficient (Wildman–Crippen LogP) is 2.88. The van der Waals surface area contributed by atoms with Crippen molar-refractivity contribution in [2.75, 3.05) is 0 Å². The quantitative estimate of drug-likeness (QED) is 0.546. The summed E-state index contributed by atoms with van der Waals surface area (Å²) >= 11 is 0. The first kappa shape index (κ1) is 12.7. The van der Waals surface area contributed by atoms with Crippen molar-refractivity contribution in [3.05, 3.63) is 0 Å². The van der Waals surface area contributed by atoms with Crippen LogP contribution < -0.4 is 0 Å². The number of rotatable bonds is 3. The van der Waals surface area contributed by atoms with Crippen LogP contribution in [0.15, 0.2) is 0 Å². The molecule has 76 valence electrons. The molecule has 0 aliphatic carbocycles. The lowest BCUT2D eigenvalue weighted by atomic mass is 10.2. The van der Waals surface area contributed by atoms with Gasteiger partial charge in [0.25, 0.3) is 0 Å². The van der Waals surface area contributed by atoms with E-state index in [4.69, 9.17) is 6.42 Å². The average molecular weight is 198 g/mol. The summed E-state index contributed by atoms with van der Waals surface area (Å²) in [6, 6.07) is 1.10. The Labute approximate surface area is 83.6 Å². The molecule has 1 atom stereocenters. The van der Waals surface area contributed by atoms with Crippen LogP contribution in [0.1, 0.15) is 27.2 Å². The highest BCUT2D eigenvalue weighted by atomic mass is 28.3. The zero-order valence-corrected chi connectivity index (χ0v) is 10.5. The zero-order chi connectivity index (χ0) is 10.7. The summed E-state index contributed by atoms with van der Waals surface area (Å²) in [5, 5.41) is 9.66. The standard InChI is InChI=1S/C11H22OSi/c1-7-10(12)8-9-13(5,6)11(2,3)4/h1,10,12H,8-9H2,2-6H3/t10-/m0/s1. The molecule has 0 aromatic heterocycles. The van der Waals surface area contributed by atoms with Gasteiger partial charge in [-0.15, -0.1) is 6.42 Å². The molecule has 1 nitrogen and oxygen atoms in total. The van der Waals surface area contributed by atoms with E-state index in [0.29, 0.717) is 5.04 Å². The summed E-state index contributed by atoms with van der Waals surface area (Å²) in [6.07, 6.45) is 5.34. The number of terminal acetylenes is 1. The highest BCUT2D eigenvalue weighted by Crippen LogP contribution is 2.39. The van der Waals surface area contributed by atoms with Crippen molar-refractivity contribution in [3.8, 4) is 12.3 Å². The lowest BCUT2D eigenvalue weighted by Crippen LogP contribution is -2.37. The van der Waals surface area contributed by atoms with Crippen LogP contribution in [-0.4, -0.2) is 19.3 Å². The molecule has 0 unspecified atom stereocenters. The smallest absolute Gasteiger partial charge is 0.114 e. The second-order valence-corrected chi connectivity index (χ2v) is 11.1. The van der Waals surface area contributed by atoms with Gasteiger partial charge in [0, 0.05) is 0 Å². The van der Waals surface area contributed by atoms with E-state index in [2.05, 4.69) is 39.8 Å². The molecule has 13 heavy (non-hydrogen) atoms. The SMILES string of the molecule is C#C[C@H](O)CC[Si](C)(C)C(C)(C)C. The Bertz CT molecular complexity index is 195. The molecule has 0 aromatic carbocycles. The summed E-state index contributed by atoms with van der Waals surface area (Å²) in [4.78, 5) is 0. The molecular formula is C11H22OSi. The van der Waals surface area contributed by atoms with Crippen LogP contribution in [-0.2, 0) is 0 Å². The van der Waals surface area contributed by atoms with Crippen molar-refractivity contribution in [1.82, 2.24) is 0 Å². The maximum Gasteiger partial charge on any atom is 0.114 e. The van der Waals surface area contributed by atoms with Crippen LogP contribution in [0.4, 0.5) is 0 Å². The molecule has 0 bridgehead atoms. The second kappa shape index (κ2) is 4.30. The maximum atomic E-state index is 9.27. The normalized spacial score (nSPS) is 15.2. The first-order valence-corrected chi connectivity index (χ1v) is 8.05. The molecule has 0 rings (SSSR count). The summed E-state index contributed by atoms with van der Waals surface area (Å²) < 4.78 is 0. The predicted molar refractivity (Wildman–Crippen MR) is 61.5 cm³/mol. The van der Waals surface area contributed by atoms with Crippen molar-refractivity contribution >= 4 is 8.07 Å². The molecule has 2 heteroatoms. The molecule has 0 aliphatic rings. The van der Waals surface area contributed by atoms with Crippen molar-refractivity contribution in [3.63, 3.8) is 0 Å². The van der Waals surface area contributed by atoms with Gasteiger partial charge in [-0.3, -0.25) is 0 Å². The number of aliphatic hydroxyl groups excluding tert-OH is 1. The molecule has 0 saturated carbocycles. The third-order valence-electron chi connectivity index (χ3n) is 3.27. The molecule has 0 aliphatic heterocycles. The van der Waals surface area contributed by atoms with Gasteiger partial charge in [-0.05, 0) is 11.5 Å². The monoisotopic (exact) mass is 198 g/mol. The van der Waals surface area contributed by atoms with E-state index in [1.54, 1.807) is 0 Å². The van der Waals surface area contributed by atoms with Crippen LogP contribution in [0.2, 0.25) is 24.2 Å². The molecule has 0 spiro atoms. The van der Waals surface area contributed by atoms with E-state index in [-0.39, 0.29) is 0 Å². The molecule has 0 heterocycles. The first-order valence-electron chi connectivity index (χ1n) is 4.85. The molecule has 0 radical (unpaired) electrons. The van der Waals surface area contributed by atoms with E-state index < -0.39 is 14.2 Å². The first-order chi connectivity index (χ1) is 5.70. The number of hydrogen-bond donors (Lipinski definition) is 1. The number of aliphatic hydroxyl groups is 1. The third kappa shape index (κ3) is 3.97. The van der Waals surface area contributed by atoms with Crippen molar-refractivity contribution in [2.24, 2.45) is 0 Å². The summed E-state index contributed by atoms with van der Waals surface area (Å²) in [6.45, 7) is 11.6. The van der Waals surface area contributed by atoms with Gasteiger partial charge in [0.05, 0.1) is 8.07 Å². The lowest BCUT2D eigenvalue weighted by Gasteiger charge is -2.37. The number of hydrogen-bond acceptors (Lipinski definition) is 1. The van der Waals surface area contributed by atoms with E-state index in [1.165, 1.54) is 0 Å². The van der Waals surface area contributed by atoms with Crippen molar-refractivity contribution in [1.29, 1.82) is 0 Å². The van der Waals surface area contributed by atoms with Crippen LogP contribution in [0.3, 0.4) is 0 Å². The zero-order valence-electron chi connectivity index (χ0n) is 9.52. The molecule has 0 aromatic rings. The molecule has 1 N–H and O–H groups in total. The lowest BCUT2D eigenvalue weighted by molar-refractivity contribution is 0.228. The minimum Gasteiger partial charge on any atom is -0.380 e. The molecule has 0 fully saturated rings. The van der Waals surface area contributed by atoms with E-state index in [1.807, 2.05) is 0 Å². The van der Waals surface area contributed by atoms with Gasteiger partial charge in [-0.1, -0.05) is 45.8 Å². The third-order valence-corrected chi connectivity index (χ3v) is 8.86. The fourth-order valence-electron chi connectivity index (χ4n) is 0.956. The van der Waals surface area contributed by atoms with Gasteiger partial charge in [0.2, 0.25) is 0 Å². The molecule has 0 amide bonds. The Balaban J connectivity index is 4.14. The second-order valence-electron chi connectivity index (χ2n) is 5.36. The topological polar surface area (TPSA) is 20.2 Å². The Morgan fingerprint density at radius 2 is 1.85 bits per heavy atom. The van der Waals surface area contributed by atoms with Crippen LogP contribution >= 0.6 is 0 Å². The van der Waals surface area contributed by atoms with Crippen molar-refractivity contribution < 1.29 is 5.11 Å². The Kier molecular flexibility index (Phi) is 4.21. The Morgan fingerprint density at radius 3 is 2.15 bits per heavy atom. The van der Waals surface area contributed by atoms with Gasteiger partial charge in [-0.25, -0.2) is 0 Å². The van der Waals surface area contributed by atoms with E-state index >= 15 is 0 Å². The Hall–Kier alpha value is -0.263. The minimum absolute atomic E-state index is 0.390. The van der Waals surface area contributed by atoms with Gasteiger partial charge >= 0.3 is 0 Å². The highest BCUT2D eigenvalue weighted by Gasteiger charge is 2.34. The molecule has 0 saturated heterocycles. The maximum absolute atomic E-state index is 9.27. The van der Waals surface area contributed by atoms with Gasteiger partial charge in [0.1, 0.15) is 6.10 Å². The summed E-state index contributed by atoms with van der Waals surface area (Å²) in [5.74, 6) is 2.37. The summed E-state index contributed by atoms with van der Waals surface area (Å²) in [5.41, 5.74) is 0. The minimum atomic E-state index is -1.24. The van der Waals surface area contributed by atoms with E-state index in [9.17, 15) is 5.11 Å². The van der Waals surface area contributed by atoms with Crippen molar-refractivity contribution in [2.45, 2.75) is 57.5 Å². The largest absolute Gasteiger partial charge is 0.380 e. The summed E-state index contributed by atoms with van der Waals surface area (Å²) in [7, 11) is -1.24.